The third kappa shape index (κ3) is 4.10. The molecule has 7 nitrogen and oxygen atoms in total. The van der Waals surface area contributed by atoms with Crippen LogP contribution in [0.3, 0.4) is 0 Å². The fraction of sp³-hybridized carbons (Fsp3) is 0.455. The minimum Gasteiger partial charge on any atom is -0.379 e. The van der Waals surface area contributed by atoms with Crippen molar-refractivity contribution in [3.63, 3.8) is 0 Å². The Morgan fingerprint density at radius 3 is 3.00 bits per heavy atom. The summed E-state index contributed by atoms with van der Waals surface area (Å²) in [5.74, 6) is 2.42. The number of nitrogens with one attached hydrogen (secondary N) is 1. The molecule has 10 heteroatoms. The zero-order chi connectivity index (χ0) is 21.5. The van der Waals surface area contributed by atoms with Gasteiger partial charge in [-0.15, -0.1) is 27.8 Å². The van der Waals surface area contributed by atoms with Gasteiger partial charge in [0.2, 0.25) is 5.16 Å². The van der Waals surface area contributed by atoms with E-state index in [4.69, 9.17) is 19.7 Å². The molecule has 4 aromatic rings. The van der Waals surface area contributed by atoms with Crippen LogP contribution in [0, 0.1) is 5.92 Å². The zero-order valence-electron chi connectivity index (χ0n) is 17.8. The Bertz CT molecular complexity index is 1230. The molecule has 1 atom stereocenters. The van der Waals surface area contributed by atoms with Crippen LogP contribution in [0.4, 0.5) is 0 Å². The van der Waals surface area contributed by atoms with Gasteiger partial charge >= 0.3 is 0 Å². The first-order valence-electron chi connectivity index (χ1n) is 11.0. The summed E-state index contributed by atoms with van der Waals surface area (Å²) in [7, 11) is 0. The predicted molar refractivity (Wildman–Crippen MR) is 129 cm³/mol. The Morgan fingerprint density at radius 1 is 1.25 bits per heavy atom. The van der Waals surface area contributed by atoms with Crippen LogP contribution in [-0.2, 0) is 24.1 Å². The Kier molecular flexibility index (Phi) is 5.72. The Balaban J connectivity index is 1.38. The number of aromatic amines is 1. The highest BCUT2D eigenvalue weighted by Crippen LogP contribution is 2.42. The lowest BCUT2D eigenvalue weighted by molar-refractivity contribution is 0.0330. The largest absolute Gasteiger partial charge is 0.379 e. The molecule has 166 valence electrons. The molecule has 1 fully saturated rings. The highest BCUT2D eigenvalue weighted by molar-refractivity contribution is 7.99. The third-order valence-corrected chi connectivity index (χ3v) is 8.92. The second-order valence-electron chi connectivity index (χ2n) is 8.41. The number of H-pyrrole nitrogens is 1. The van der Waals surface area contributed by atoms with Crippen LogP contribution in [-0.4, -0.2) is 56.4 Å². The van der Waals surface area contributed by atoms with E-state index in [0.29, 0.717) is 5.16 Å². The van der Waals surface area contributed by atoms with Crippen molar-refractivity contribution < 1.29 is 4.74 Å². The van der Waals surface area contributed by atoms with E-state index in [1.807, 2.05) is 17.4 Å². The van der Waals surface area contributed by atoms with Crippen molar-refractivity contribution in [1.29, 1.82) is 0 Å². The van der Waals surface area contributed by atoms with E-state index in [0.717, 1.165) is 78.0 Å². The monoisotopic (exact) mass is 484 g/mol. The third-order valence-electron chi connectivity index (χ3n) is 6.04. The number of hydrogen-bond donors (Lipinski definition) is 1. The van der Waals surface area contributed by atoms with E-state index in [1.54, 1.807) is 23.1 Å². The topological polar surface area (TPSA) is 79.8 Å². The molecule has 1 saturated heterocycles. The maximum Gasteiger partial charge on any atom is 0.215 e. The van der Waals surface area contributed by atoms with E-state index in [1.165, 1.54) is 22.2 Å². The molecule has 0 amide bonds. The molecule has 0 bridgehead atoms. The van der Waals surface area contributed by atoms with E-state index in [-0.39, 0.29) is 0 Å². The molecule has 2 aliphatic rings. The highest BCUT2D eigenvalue weighted by atomic mass is 32.2. The molecule has 5 heterocycles. The average molecular weight is 485 g/mol. The molecule has 32 heavy (non-hydrogen) atoms. The molecule has 4 aromatic heterocycles. The zero-order valence-corrected chi connectivity index (χ0v) is 20.3. The predicted octanol–water partition coefficient (Wildman–Crippen LogP) is 4.65. The van der Waals surface area contributed by atoms with Gasteiger partial charge in [-0.1, -0.05) is 13.0 Å². The number of aromatic nitrogens is 5. The maximum absolute atomic E-state index is 5.50. The highest BCUT2D eigenvalue weighted by Gasteiger charge is 2.25. The quantitative estimate of drug-likeness (QED) is 0.413. The smallest absolute Gasteiger partial charge is 0.215 e. The summed E-state index contributed by atoms with van der Waals surface area (Å²) in [6, 6.07) is 4.08. The summed E-state index contributed by atoms with van der Waals surface area (Å²) in [6.07, 6.45) is 3.47. The lowest BCUT2D eigenvalue weighted by Gasteiger charge is -2.25. The van der Waals surface area contributed by atoms with E-state index < -0.39 is 0 Å². The van der Waals surface area contributed by atoms with Gasteiger partial charge in [0.05, 0.1) is 24.6 Å². The first kappa shape index (κ1) is 20.7. The van der Waals surface area contributed by atoms with Gasteiger partial charge in [-0.2, -0.15) is 0 Å². The maximum atomic E-state index is 5.50. The first-order valence-corrected chi connectivity index (χ1v) is 13.5. The second kappa shape index (κ2) is 8.83. The van der Waals surface area contributed by atoms with Crippen LogP contribution in [0.2, 0.25) is 0 Å². The Morgan fingerprint density at radius 2 is 2.16 bits per heavy atom. The molecule has 6 rings (SSSR count). The number of fused-ring (bicyclic) bond motifs is 3. The molecule has 1 N–H and O–H groups in total. The van der Waals surface area contributed by atoms with Gasteiger partial charge in [0, 0.05) is 23.4 Å². The van der Waals surface area contributed by atoms with Crippen molar-refractivity contribution in [2.24, 2.45) is 5.92 Å². The molecule has 0 saturated carbocycles. The van der Waals surface area contributed by atoms with Gasteiger partial charge in [0.25, 0.3) is 0 Å². The number of rotatable bonds is 5. The molecular weight excluding hydrogens is 460 g/mol. The number of morpholine rings is 1. The summed E-state index contributed by atoms with van der Waals surface area (Å²) < 4.78 is 5.50. The summed E-state index contributed by atoms with van der Waals surface area (Å²) in [5, 5.41) is 12.5. The van der Waals surface area contributed by atoms with Crippen molar-refractivity contribution in [2.75, 3.05) is 26.3 Å². The summed E-state index contributed by atoms with van der Waals surface area (Å²) in [4.78, 5) is 20.8. The molecular formula is C22H24N6OS3. The van der Waals surface area contributed by atoms with Crippen molar-refractivity contribution in [1.82, 2.24) is 30.0 Å². The minimum atomic E-state index is 0.704. The fourth-order valence-corrected chi connectivity index (χ4v) is 7.36. The number of nitrogens with zero attached hydrogens (tertiary/aromatic N) is 5. The van der Waals surface area contributed by atoms with Gasteiger partial charge in [-0.25, -0.2) is 15.0 Å². The number of hydrogen-bond acceptors (Lipinski definition) is 9. The molecule has 0 radical (unpaired) electrons. The van der Waals surface area contributed by atoms with Crippen LogP contribution in [0.25, 0.3) is 20.9 Å². The SMILES string of the molecule is CC1CCc2c(sc3nc(CN4CCOCC4)nc(Sc4n[nH]c(-c5cccs5)n4)c23)C1. The Hall–Kier alpha value is -1.85. The van der Waals surface area contributed by atoms with Gasteiger partial charge < -0.3 is 4.74 Å². The van der Waals surface area contributed by atoms with Crippen molar-refractivity contribution in [3.05, 3.63) is 33.8 Å². The number of ether oxygens (including phenoxy) is 1. The van der Waals surface area contributed by atoms with E-state index in [2.05, 4.69) is 33.5 Å². The first-order chi connectivity index (χ1) is 15.7. The van der Waals surface area contributed by atoms with E-state index in [9.17, 15) is 0 Å². The van der Waals surface area contributed by atoms with Crippen LogP contribution in [0.1, 0.15) is 29.6 Å². The van der Waals surface area contributed by atoms with Crippen molar-refractivity contribution in [3.8, 4) is 10.7 Å². The normalized spacial score (nSPS) is 19.5. The lowest BCUT2D eigenvalue weighted by Crippen LogP contribution is -2.36. The van der Waals surface area contributed by atoms with E-state index >= 15 is 0 Å². The molecule has 1 aliphatic heterocycles. The van der Waals surface area contributed by atoms with Gasteiger partial charge in [0.1, 0.15) is 15.7 Å². The number of thiophene rings is 2. The van der Waals surface area contributed by atoms with Crippen LogP contribution >= 0.6 is 34.4 Å². The minimum absolute atomic E-state index is 0.704. The summed E-state index contributed by atoms with van der Waals surface area (Å²) in [6.45, 7) is 6.49. The second-order valence-corrected chi connectivity index (χ2v) is 11.4. The van der Waals surface area contributed by atoms with Gasteiger partial charge in [-0.3, -0.25) is 10.00 Å². The van der Waals surface area contributed by atoms with Crippen LogP contribution in [0.15, 0.2) is 27.7 Å². The van der Waals surface area contributed by atoms with Crippen molar-refractivity contribution in [2.45, 2.75) is 42.9 Å². The van der Waals surface area contributed by atoms with Crippen LogP contribution in [0.5, 0.6) is 0 Å². The van der Waals surface area contributed by atoms with Gasteiger partial charge in [0.15, 0.2) is 5.82 Å². The summed E-state index contributed by atoms with van der Waals surface area (Å²) >= 11 is 5.06. The standard InChI is InChI=1S/C22H24N6OS3/c1-13-4-5-14-16(11-13)31-20-18(14)21(24-17(23-20)12-28-6-8-29-9-7-28)32-22-25-19(26-27-22)15-3-2-10-30-15/h2-3,10,13H,4-9,11-12H2,1H3,(H,25,26,27). The lowest BCUT2D eigenvalue weighted by atomic mass is 9.89. The summed E-state index contributed by atoms with van der Waals surface area (Å²) in [5.41, 5.74) is 1.44. The molecule has 0 aromatic carbocycles. The van der Waals surface area contributed by atoms with Crippen molar-refractivity contribution >= 4 is 44.7 Å². The number of aryl methyl sites for hydroxylation is 1. The molecule has 0 spiro atoms. The molecule has 1 unspecified atom stereocenters. The van der Waals surface area contributed by atoms with Gasteiger partial charge in [-0.05, 0) is 54.0 Å². The van der Waals surface area contributed by atoms with Crippen LogP contribution < -0.4 is 0 Å². The fourth-order valence-electron chi connectivity index (χ4n) is 4.36. The average Bonchev–Trinajstić information content (AvgIpc) is 3.53. The Labute approximate surface area is 198 Å². The molecule has 1 aliphatic carbocycles.